The summed E-state index contributed by atoms with van der Waals surface area (Å²) in [5.41, 5.74) is 0.410. The van der Waals surface area contributed by atoms with Crippen LogP contribution >= 0.6 is 45.2 Å². The van der Waals surface area contributed by atoms with Crippen LogP contribution in [0.25, 0.3) is 0 Å². The molecule has 2 rings (SSSR count). The lowest BCUT2D eigenvalue weighted by atomic mass is 10.2. The molecule has 0 saturated carbocycles. The van der Waals surface area contributed by atoms with Crippen molar-refractivity contribution in [2.45, 2.75) is 6.54 Å². The van der Waals surface area contributed by atoms with E-state index in [1.54, 1.807) is 13.2 Å². The number of halogens is 2. The average Bonchev–Trinajstić information content (AvgIpc) is 2.34. The Morgan fingerprint density at radius 3 is 2.33 bits per heavy atom. The molecule has 0 radical (unpaired) electrons. The molecule has 0 amide bonds. The maximum Gasteiger partial charge on any atom is 0.331 e. The van der Waals surface area contributed by atoms with Gasteiger partial charge in [0.15, 0.2) is 0 Å². The van der Waals surface area contributed by atoms with Crippen LogP contribution in [-0.4, -0.2) is 9.13 Å². The molecule has 0 spiro atoms. The molecule has 4 nitrogen and oxygen atoms in total. The Morgan fingerprint density at radius 1 is 1.11 bits per heavy atom. The summed E-state index contributed by atoms with van der Waals surface area (Å²) in [5.74, 6) is 0. The van der Waals surface area contributed by atoms with Gasteiger partial charge in [-0.2, -0.15) is 0 Å². The summed E-state index contributed by atoms with van der Waals surface area (Å²) in [6.07, 6.45) is 1.55. The fraction of sp³-hybridized carbons (Fsp3) is 0.167. The SMILES string of the molecule is Cn1cc(I)c(=O)n(Cc2ccc(I)cc2)c1=O. The van der Waals surface area contributed by atoms with Crippen molar-refractivity contribution in [3.8, 4) is 0 Å². The Balaban J connectivity index is 2.50. The summed E-state index contributed by atoms with van der Waals surface area (Å²) >= 11 is 4.16. The van der Waals surface area contributed by atoms with Gasteiger partial charge in [0.25, 0.3) is 5.56 Å². The number of hydrogen-bond donors (Lipinski definition) is 0. The Bertz CT molecular complexity index is 652. The van der Waals surface area contributed by atoms with Crippen LogP contribution in [0.2, 0.25) is 0 Å². The van der Waals surface area contributed by atoms with Gasteiger partial charge in [-0.25, -0.2) is 4.79 Å². The van der Waals surface area contributed by atoms with Crippen molar-refractivity contribution in [3.63, 3.8) is 0 Å². The zero-order valence-corrected chi connectivity index (χ0v) is 13.9. The van der Waals surface area contributed by atoms with Gasteiger partial charge in [-0.15, -0.1) is 0 Å². The zero-order chi connectivity index (χ0) is 13.3. The number of hydrogen-bond acceptors (Lipinski definition) is 2. The number of nitrogens with zero attached hydrogens (tertiary/aromatic N) is 2. The maximum atomic E-state index is 12.0. The second-order valence-corrected chi connectivity index (χ2v) is 6.30. The highest BCUT2D eigenvalue weighted by Gasteiger charge is 2.08. The van der Waals surface area contributed by atoms with E-state index in [0.29, 0.717) is 10.1 Å². The van der Waals surface area contributed by atoms with Crippen molar-refractivity contribution in [1.82, 2.24) is 9.13 Å². The van der Waals surface area contributed by atoms with Crippen LogP contribution in [0.4, 0.5) is 0 Å². The fourth-order valence-electron chi connectivity index (χ4n) is 1.60. The van der Waals surface area contributed by atoms with Crippen LogP contribution < -0.4 is 11.2 Å². The largest absolute Gasteiger partial charge is 0.331 e. The molecule has 0 aliphatic carbocycles. The molecule has 94 valence electrons. The minimum Gasteiger partial charge on any atom is -0.302 e. The predicted molar refractivity (Wildman–Crippen MR) is 86.9 cm³/mol. The van der Waals surface area contributed by atoms with E-state index in [2.05, 4.69) is 22.6 Å². The van der Waals surface area contributed by atoms with E-state index < -0.39 is 0 Å². The van der Waals surface area contributed by atoms with Crippen LogP contribution in [0.3, 0.4) is 0 Å². The first-order valence-corrected chi connectivity index (χ1v) is 7.35. The Kier molecular flexibility index (Phi) is 4.25. The smallest absolute Gasteiger partial charge is 0.302 e. The highest BCUT2D eigenvalue weighted by Crippen LogP contribution is 2.07. The molecule has 0 saturated heterocycles. The first-order valence-electron chi connectivity index (χ1n) is 5.19. The molecule has 2 aromatic rings. The molecule has 18 heavy (non-hydrogen) atoms. The van der Waals surface area contributed by atoms with Crippen LogP contribution in [0, 0.1) is 7.14 Å². The monoisotopic (exact) mass is 468 g/mol. The van der Waals surface area contributed by atoms with Crippen LogP contribution in [0.1, 0.15) is 5.56 Å². The average molecular weight is 468 g/mol. The lowest BCUT2D eigenvalue weighted by Crippen LogP contribution is -2.40. The third-order valence-corrected chi connectivity index (χ3v) is 4.00. The van der Waals surface area contributed by atoms with Gasteiger partial charge in [0, 0.05) is 16.8 Å². The van der Waals surface area contributed by atoms with Crippen molar-refractivity contribution < 1.29 is 0 Å². The lowest BCUT2D eigenvalue weighted by Gasteiger charge is -2.08. The summed E-state index contributed by atoms with van der Waals surface area (Å²) in [4.78, 5) is 23.9. The van der Waals surface area contributed by atoms with Crippen molar-refractivity contribution >= 4 is 45.2 Å². The van der Waals surface area contributed by atoms with Gasteiger partial charge in [-0.05, 0) is 62.9 Å². The Labute approximate surface area is 131 Å². The minimum atomic E-state index is -0.293. The molecule has 0 N–H and O–H groups in total. The highest BCUT2D eigenvalue weighted by atomic mass is 127. The molecule has 0 aliphatic heterocycles. The van der Waals surface area contributed by atoms with Gasteiger partial charge in [0.1, 0.15) is 0 Å². The minimum absolute atomic E-state index is 0.239. The van der Waals surface area contributed by atoms with E-state index in [0.717, 1.165) is 9.13 Å². The molecular formula is C12H10I2N2O2. The van der Waals surface area contributed by atoms with Crippen LogP contribution in [0.5, 0.6) is 0 Å². The molecule has 1 aromatic heterocycles. The van der Waals surface area contributed by atoms with E-state index in [9.17, 15) is 9.59 Å². The number of aryl methyl sites for hydroxylation is 1. The third-order valence-electron chi connectivity index (χ3n) is 2.54. The van der Waals surface area contributed by atoms with Crippen molar-refractivity contribution in [2.24, 2.45) is 7.05 Å². The van der Waals surface area contributed by atoms with Crippen molar-refractivity contribution in [1.29, 1.82) is 0 Å². The second kappa shape index (κ2) is 5.55. The molecule has 6 heteroatoms. The Morgan fingerprint density at radius 2 is 1.72 bits per heavy atom. The van der Waals surface area contributed by atoms with Crippen LogP contribution in [0.15, 0.2) is 40.1 Å². The van der Waals surface area contributed by atoms with Gasteiger partial charge in [-0.3, -0.25) is 9.36 Å². The van der Waals surface area contributed by atoms with Gasteiger partial charge in [0.05, 0.1) is 10.1 Å². The number of rotatable bonds is 2. The third kappa shape index (κ3) is 2.85. The van der Waals surface area contributed by atoms with E-state index in [4.69, 9.17) is 0 Å². The summed E-state index contributed by atoms with van der Waals surface area (Å²) in [7, 11) is 1.65. The van der Waals surface area contributed by atoms with Gasteiger partial charge < -0.3 is 4.57 Å². The van der Waals surface area contributed by atoms with E-state index in [1.807, 2.05) is 46.9 Å². The fourth-order valence-corrected chi connectivity index (χ4v) is 2.67. The van der Waals surface area contributed by atoms with E-state index in [1.165, 1.54) is 9.13 Å². The van der Waals surface area contributed by atoms with Gasteiger partial charge in [0.2, 0.25) is 0 Å². The van der Waals surface area contributed by atoms with E-state index in [-0.39, 0.29) is 11.2 Å². The number of benzene rings is 1. The molecule has 1 aromatic carbocycles. The summed E-state index contributed by atoms with van der Waals surface area (Å²) in [5, 5.41) is 0. The van der Waals surface area contributed by atoms with Crippen molar-refractivity contribution in [2.75, 3.05) is 0 Å². The molecule has 0 aliphatic rings. The predicted octanol–water partition coefficient (Wildman–Crippen LogP) is 1.80. The lowest BCUT2D eigenvalue weighted by molar-refractivity contribution is 0.634. The molecule has 0 fully saturated rings. The maximum absolute atomic E-state index is 12.0. The molecule has 1 heterocycles. The van der Waals surface area contributed by atoms with Gasteiger partial charge in [-0.1, -0.05) is 12.1 Å². The molecule has 0 atom stereocenters. The summed E-state index contributed by atoms with van der Waals surface area (Å²) in [6.45, 7) is 0.305. The summed E-state index contributed by atoms with van der Waals surface area (Å²) in [6, 6.07) is 7.76. The highest BCUT2D eigenvalue weighted by molar-refractivity contribution is 14.1. The Hall–Kier alpha value is -0.640. The topological polar surface area (TPSA) is 44.0 Å². The first kappa shape index (κ1) is 13.8. The normalized spacial score (nSPS) is 10.6. The standard InChI is InChI=1S/C12H10I2N2O2/c1-15-7-10(14)11(17)16(12(15)18)6-8-2-4-9(13)5-3-8/h2-5,7H,6H2,1H3. The quantitative estimate of drug-likeness (QED) is 0.632. The zero-order valence-electron chi connectivity index (χ0n) is 9.56. The second-order valence-electron chi connectivity index (χ2n) is 3.89. The molecule has 0 bridgehead atoms. The van der Waals surface area contributed by atoms with Crippen LogP contribution in [-0.2, 0) is 13.6 Å². The molecule has 0 unspecified atom stereocenters. The molecular weight excluding hydrogens is 458 g/mol. The first-order chi connectivity index (χ1) is 8.49. The summed E-state index contributed by atoms with van der Waals surface area (Å²) < 4.78 is 4.35. The van der Waals surface area contributed by atoms with Crippen molar-refractivity contribution in [3.05, 3.63) is 64.0 Å². The van der Waals surface area contributed by atoms with Gasteiger partial charge >= 0.3 is 5.69 Å². The number of aromatic nitrogens is 2. The van der Waals surface area contributed by atoms with E-state index >= 15 is 0 Å².